The van der Waals surface area contributed by atoms with E-state index in [2.05, 4.69) is 36.7 Å². The van der Waals surface area contributed by atoms with Crippen molar-refractivity contribution in [2.24, 2.45) is 5.92 Å². The van der Waals surface area contributed by atoms with Crippen LogP contribution in [0.2, 0.25) is 0 Å². The van der Waals surface area contributed by atoms with Crippen molar-refractivity contribution in [2.75, 3.05) is 13.7 Å². The van der Waals surface area contributed by atoms with Gasteiger partial charge in [0.05, 0.1) is 24.7 Å². The summed E-state index contributed by atoms with van der Waals surface area (Å²) in [6.07, 6.45) is 0. The fraction of sp³-hybridized carbons (Fsp3) is 0.533. The number of hydrogen-bond acceptors (Lipinski definition) is 3. The second-order valence-electron chi connectivity index (χ2n) is 5.15. The molecule has 0 saturated carbocycles. The van der Waals surface area contributed by atoms with Gasteiger partial charge in [0, 0.05) is 12.6 Å². The van der Waals surface area contributed by atoms with E-state index >= 15 is 0 Å². The van der Waals surface area contributed by atoms with Crippen molar-refractivity contribution in [3.63, 3.8) is 0 Å². The van der Waals surface area contributed by atoms with Crippen molar-refractivity contribution in [3.05, 3.63) is 24.0 Å². The van der Waals surface area contributed by atoms with E-state index in [9.17, 15) is 0 Å². The lowest BCUT2D eigenvalue weighted by molar-refractivity contribution is 0.415. The number of fused-ring (bicyclic) bond motifs is 1. The summed E-state index contributed by atoms with van der Waals surface area (Å²) in [4.78, 5) is 4.71. The standard InChI is InChI=1S/C15H23N3O/c1-5-18-14-7-6-12(19-4)8-13(14)17-15(18)10-16-9-11(2)3/h6-8,11,16H,5,9-10H2,1-4H3. The molecule has 0 radical (unpaired) electrons. The topological polar surface area (TPSA) is 39.1 Å². The molecule has 2 aromatic rings. The molecule has 0 amide bonds. The van der Waals surface area contributed by atoms with Gasteiger partial charge in [-0.2, -0.15) is 0 Å². The molecular weight excluding hydrogens is 238 g/mol. The summed E-state index contributed by atoms with van der Waals surface area (Å²) in [7, 11) is 1.68. The van der Waals surface area contributed by atoms with Crippen molar-refractivity contribution >= 4 is 11.0 Å². The molecule has 1 aromatic carbocycles. The van der Waals surface area contributed by atoms with Crippen molar-refractivity contribution in [3.8, 4) is 5.75 Å². The number of nitrogens with one attached hydrogen (secondary N) is 1. The fourth-order valence-electron chi connectivity index (χ4n) is 2.25. The van der Waals surface area contributed by atoms with Crippen molar-refractivity contribution in [1.82, 2.24) is 14.9 Å². The molecule has 1 aromatic heterocycles. The summed E-state index contributed by atoms with van der Waals surface area (Å²) in [6.45, 7) is 9.32. The number of aryl methyl sites for hydroxylation is 1. The van der Waals surface area contributed by atoms with Gasteiger partial charge in [-0.05, 0) is 31.5 Å². The zero-order valence-electron chi connectivity index (χ0n) is 12.2. The minimum atomic E-state index is 0.652. The molecular formula is C15H23N3O. The normalized spacial score (nSPS) is 11.4. The zero-order chi connectivity index (χ0) is 13.8. The van der Waals surface area contributed by atoms with Crippen molar-refractivity contribution in [2.45, 2.75) is 33.9 Å². The molecule has 4 heteroatoms. The van der Waals surface area contributed by atoms with Crippen LogP contribution in [0.3, 0.4) is 0 Å². The highest BCUT2D eigenvalue weighted by Gasteiger charge is 2.10. The van der Waals surface area contributed by atoms with Gasteiger partial charge in [-0.1, -0.05) is 13.8 Å². The van der Waals surface area contributed by atoms with E-state index in [1.54, 1.807) is 7.11 Å². The van der Waals surface area contributed by atoms with Gasteiger partial charge in [-0.3, -0.25) is 0 Å². The Balaban J connectivity index is 2.27. The predicted molar refractivity (Wildman–Crippen MR) is 78.5 cm³/mol. The van der Waals surface area contributed by atoms with Crippen LogP contribution in [0.25, 0.3) is 11.0 Å². The predicted octanol–water partition coefficient (Wildman–Crippen LogP) is 2.81. The van der Waals surface area contributed by atoms with Crippen molar-refractivity contribution < 1.29 is 4.74 Å². The Morgan fingerprint density at radius 3 is 2.79 bits per heavy atom. The summed E-state index contributed by atoms with van der Waals surface area (Å²) in [5.41, 5.74) is 2.17. The van der Waals surface area contributed by atoms with Gasteiger partial charge >= 0.3 is 0 Å². The number of aromatic nitrogens is 2. The van der Waals surface area contributed by atoms with E-state index in [1.165, 1.54) is 5.52 Å². The maximum atomic E-state index is 5.25. The van der Waals surface area contributed by atoms with Gasteiger partial charge in [-0.25, -0.2) is 4.98 Å². The van der Waals surface area contributed by atoms with Crippen LogP contribution in [0.5, 0.6) is 5.75 Å². The van der Waals surface area contributed by atoms with E-state index in [1.807, 2.05) is 12.1 Å². The molecule has 0 unspecified atom stereocenters. The van der Waals surface area contributed by atoms with Gasteiger partial charge in [0.15, 0.2) is 0 Å². The molecule has 0 aliphatic carbocycles. The number of hydrogen-bond donors (Lipinski definition) is 1. The second kappa shape index (κ2) is 6.06. The monoisotopic (exact) mass is 261 g/mol. The average Bonchev–Trinajstić information content (AvgIpc) is 2.74. The number of methoxy groups -OCH3 is 1. The van der Waals surface area contributed by atoms with Crippen LogP contribution in [0.4, 0.5) is 0 Å². The van der Waals surface area contributed by atoms with Crippen LogP contribution in [-0.2, 0) is 13.1 Å². The lowest BCUT2D eigenvalue weighted by Crippen LogP contribution is -2.21. The molecule has 0 bridgehead atoms. The number of ether oxygens (including phenoxy) is 1. The summed E-state index contributed by atoms with van der Waals surface area (Å²) in [5, 5.41) is 3.45. The molecule has 4 nitrogen and oxygen atoms in total. The first kappa shape index (κ1) is 13.9. The van der Waals surface area contributed by atoms with Crippen LogP contribution in [0.1, 0.15) is 26.6 Å². The molecule has 0 aliphatic rings. The maximum Gasteiger partial charge on any atom is 0.123 e. The molecule has 0 saturated heterocycles. The quantitative estimate of drug-likeness (QED) is 0.869. The Bertz CT molecular complexity index is 546. The highest BCUT2D eigenvalue weighted by molar-refractivity contribution is 5.77. The summed E-state index contributed by atoms with van der Waals surface area (Å²) in [5.74, 6) is 2.60. The molecule has 0 spiro atoms. The minimum absolute atomic E-state index is 0.652. The van der Waals surface area contributed by atoms with E-state index in [0.717, 1.165) is 36.7 Å². The van der Waals surface area contributed by atoms with Gasteiger partial charge in [0.1, 0.15) is 11.6 Å². The summed E-state index contributed by atoms with van der Waals surface area (Å²) >= 11 is 0. The molecule has 1 heterocycles. The molecule has 1 N–H and O–H groups in total. The van der Waals surface area contributed by atoms with Crippen LogP contribution in [0.15, 0.2) is 18.2 Å². The van der Waals surface area contributed by atoms with E-state index in [-0.39, 0.29) is 0 Å². The third-order valence-corrected chi connectivity index (χ3v) is 3.19. The van der Waals surface area contributed by atoms with Gasteiger partial charge in [0.25, 0.3) is 0 Å². The Morgan fingerprint density at radius 1 is 1.37 bits per heavy atom. The van der Waals surface area contributed by atoms with E-state index in [0.29, 0.717) is 5.92 Å². The van der Waals surface area contributed by atoms with E-state index in [4.69, 9.17) is 9.72 Å². The van der Waals surface area contributed by atoms with Crippen LogP contribution >= 0.6 is 0 Å². The Hall–Kier alpha value is -1.55. The van der Waals surface area contributed by atoms with Crippen LogP contribution in [-0.4, -0.2) is 23.2 Å². The second-order valence-corrected chi connectivity index (χ2v) is 5.15. The summed E-state index contributed by atoms with van der Waals surface area (Å²) < 4.78 is 7.50. The Morgan fingerprint density at radius 2 is 2.16 bits per heavy atom. The molecule has 0 fully saturated rings. The number of rotatable bonds is 6. The SMILES string of the molecule is CCn1c(CNCC(C)C)nc2cc(OC)ccc21. The molecule has 0 aliphatic heterocycles. The number of nitrogens with zero attached hydrogens (tertiary/aromatic N) is 2. The first-order valence-electron chi connectivity index (χ1n) is 6.89. The zero-order valence-corrected chi connectivity index (χ0v) is 12.2. The van der Waals surface area contributed by atoms with Gasteiger partial charge in [-0.15, -0.1) is 0 Å². The average molecular weight is 261 g/mol. The highest BCUT2D eigenvalue weighted by atomic mass is 16.5. The Labute approximate surface area is 114 Å². The largest absolute Gasteiger partial charge is 0.497 e. The Kier molecular flexibility index (Phi) is 4.43. The lowest BCUT2D eigenvalue weighted by Gasteiger charge is -2.09. The van der Waals surface area contributed by atoms with Gasteiger partial charge < -0.3 is 14.6 Å². The molecule has 19 heavy (non-hydrogen) atoms. The van der Waals surface area contributed by atoms with Gasteiger partial charge in [0.2, 0.25) is 0 Å². The van der Waals surface area contributed by atoms with E-state index < -0.39 is 0 Å². The third kappa shape index (κ3) is 3.07. The minimum Gasteiger partial charge on any atom is -0.497 e. The molecule has 104 valence electrons. The first-order valence-corrected chi connectivity index (χ1v) is 6.89. The fourth-order valence-corrected chi connectivity index (χ4v) is 2.25. The first-order chi connectivity index (χ1) is 9.15. The smallest absolute Gasteiger partial charge is 0.123 e. The summed E-state index contributed by atoms with van der Waals surface area (Å²) in [6, 6.07) is 6.06. The third-order valence-electron chi connectivity index (χ3n) is 3.19. The maximum absolute atomic E-state index is 5.25. The number of benzene rings is 1. The highest BCUT2D eigenvalue weighted by Crippen LogP contribution is 2.21. The van der Waals surface area contributed by atoms with Crippen LogP contribution in [0, 0.1) is 5.92 Å². The molecule has 2 rings (SSSR count). The molecule has 0 atom stereocenters. The van der Waals surface area contributed by atoms with Crippen LogP contribution < -0.4 is 10.1 Å². The van der Waals surface area contributed by atoms with Crippen molar-refractivity contribution in [1.29, 1.82) is 0 Å². The lowest BCUT2D eigenvalue weighted by atomic mass is 10.2. The number of imidazole rings is 1.